The fraction of sp³-hybridized carbons (Fsp3) is 0.500. The van der Waals surface area contributed by atoms with Crippen molar-refractivity contribution in [3.63, 3.8) is 0 Å². The summed E-state index contributed by atoms with van der Waals surface area (Å²) in [5, 5.41) is 3.24. The average Bonchev–Trinajstić information content (AvgIpc) is 2.61. The van der Waals surface area contributed by atoms with Gasteiger partial charge in [-0.2, -0.15) is 0 Å². The Bertz CT molecular complexity index is 407. The molecule has 1 amide bonds. The molecule has 0 aliphatic carbocycles. The van der Waals surface area contributed by atoms with Crippen molar-refractivity contribution in [2.45, 2.75) is 12.8 Å². The minimum absolute atomic E-state index is 0.253. The van der Waals surface area contributed by atoms with Gasteiger partial charge in [0.15, 0.2) is 0 Å². The van der Waals surface area contributed by atoms with Gasteiger partial charge >= 0.3 is 0 Å². The van der Waals surface area contributed by atoms with Gasteiger partial charge in [0.25, 0.3) is 0 Å². The lowest BCUT2D eigenvalue weighted by Gasteiger charge is -2.20. The zero-order chi connectivity index (χ0) is 12.8. The Balaban J connectivity index is 1.91. The lowest BCUT2D eigenvalue weighted by Crippen LogP contribution is -2.34. The number of hydrogen-bond donors (Lipinski definition) is 1. The van der Waals surface area contributed by atoms with Crippen LogP contribution in [0.2, 0.25) is 0 Å². The molecule has 1 aliphatic rings. The summed E-state index contributed by atoms with van der Waals surface area (Å²) in [6.45, 7) is 3.29. The molecule has 2 rings (SSSR count). The second-order valence-electron chi connectivity index (χ2n) is 4.48. The van der Waals surface area contributed by atoms with Crippen molar-refractivity contribution in [1.82, 2.24) is 10.2 Å². The number of methoxy groups -OCH3 is 1. The maximum Gasteiger partial charge on any atom is 0.223 e. The van der Waals surface area contributed by atoms with Crippen LogP contribution in [0.3, 0.4) is 0 Å². The number of hydrogen-bond acceptors (Lipinski definition) is 3. The first-order valence-corrected chi connectivity index (χ1v) is 6.41. The Morgan fingerprint density at radius 2 is 2.28 bits per heavy atom. The molecule has 1 aromatic carbocycles. The van der Waals surface area contributed by atoms with Crippen LogP contribution in [0.15, 0.2) is 24.3 Å². The number of amides is 1. The SMILES string of the molecule is COc1cccc(CCN2CCNCCC2=O)c1. The van der Waals surface area contributed by atoms with Gasteiger partial charge in [0.05, 0.1) is 7.11 Å². The summed E-state index contributed by atoms with van der Waals surface area (Å²) >= 11 is 0. The van der Waals surface area contributed by atoms with Gasteiger partial charge in [-0.15, -0.1) is 0 Å². The number of rotatable bonds is 4. The molecular weight excluding hydrogens is 228 g/mol. The van der Waals surface area contributed by atoms with Crippen molar-refractivity contribution in [2.24, 2.45) is 0 Å². The molecule has 1 aliphatic heterocycles. The zero-order valence-corrected chi connectivity index (χ0v) is 10.8. The molecule has 0 radical (unpaired) electrons. The summed E-state index contributed by atoms with van der Waals surface area (Å²) in [5.74, 6) is 1.12. The first-order chi connectivity index (χ1) is 8.79. The van der Waals surface area contributed by atoms with E-state index in [2.05, 4.69) is 11.4 Å². The van der Waals surface area contributed by atoms with Gasteiger partial charge in [0.2, 0.25) is 5.91 Å². The van der Waals surface area contributed by atoms with E-state index in [0.717, 1.165) is 38.3 Å². The number of carbonyl (C=O) groups excluding carboxylic acids is 1. The minimum Gasteiger partial charge on any atom is -0.497 e. The second-order valence-corrected chi connectivity index (χ2v) is 4.48. The lowest BCUT2D eigenvalue weighted by molar-refractivity contribution is -0.130. The highest BCUT2D eigenvalue weighted by Crippen LogP contribution is 2.13. The van der Waals surface area contributed by atoms with E-state index < -0.39 is 0 Å². The smallest absolute Gasteiger partial charge is 0.223 e. The molecule has 1 heterocycles. The van der Waals surface area contributed by atoms with Crippen molar-refractivity contribution < 1.29 is 9.53 Å². The first kappa shape index (κ1) is 12.9. The third-order valence-corrected chi connectivity index (χ3v) is 3.23. The van der Waals surface area contributed by atoms with Gasteiger partial charge in [-0.3, -0.25) is 4.79 Å². The van der Waals surface area contributed by atoms with Crippen molar-refractivity contribution in [1.29, 1.82) is 0 Å². The van der Waals surface area contributed by atoms with E-state index in [0.29, 0.717) is 6.42 Å². The molecule has 1 aromatic rings. The molecule has 0 bridgehead atoms. The number of nitrogens with one attached hydrogen (secondary N) is 1. The Labute approximate surface area is 108 Å². The molecule has 0 unspecified atom stereocenters. The van der Waals surface area contributed by atoms with E-state index in [1.165, 1.54) is 5.56 Å². The largest absolute Gasteiger partial charge is 0.497 e. The third-order valence-electron chi connectivity index (χ3n) is 3.23. The van der Waals surface area contributed by atoms with Gasteiger partial charge in [-0.1, -0.05) is 12.1 Å². The van der Waals surface area contributed by atoms with Crippen LogP contribution in [0.5, 0.6) is 5.75 Å². The molecule has 0 saturated carbocycles. The highest BCUT2D eigenvalue weighted by atomic mass is 16.5. The average molecular weight is 248 g/mol. The predicted molar refractivity (Wildman–Crippen MR) is 70.8 cm³/mol. The van der Waals surface area contributed by atoms with Gasteiger partial charge < -0.3 is 15.0 Å². The summed E-state index contributed by atoms with van der Waals surface area (Å²) < 4.78 is 5.20. The van der Waals surface area contributed by atoms with E-state index in [-0.39, 0.29) is 5.91 Å². The van der Waals surface area contributed by atoms with Crippen molar-refractivity contribution >= 4 is 5.91 Å². The van der Waals surface area contributed by atoms with Crippen LogP contribution in [0, 0.1) is 0 Å². The highest BCUT2D eigenvalue weighted by molar-refractivity contribution is 5.76. The molecule has 0 aromatic heterocycles. The van der Waals surface area contributed by atoms with Crippen molar-refractivity contribution in [3.05, 3.63) is 29.8 Å². The maximum atomic E-state index is 11.8. The maximum absolute atomic E-state index is 11.8. The number of carbonyl (C=O) groups is 1. The second kappa shape index (κ2) is 6.40. The van der Waals surface area contributed by atoms with Crippen LogP contribution in [0.1, 0.15) is 12.0 Å². The fourth-order valence-corrected chi connectivity index (χ4v) is 2.15. The minimum atomic E-state index is 0.253. The van der Waals surface area contributed by atoms with Gasteiger partial charge in [-0.25, -0.2) is 0 Å². The third kappa shape index (κ3) is 3.47. The Hall–Kier alpha value is -1.55. The van der Waals surface area contributed by atoms with Crippen LogP contribution in [0.25, 0.3) is 0 Å². The standard InChI is InChI=1S/C14H20N2O2/c1-18-13-4-2-3-12(11-13)6-9-16-10-8-15-7-5-14(16)17/h2-4,11,15H,5-10H2,1H3. The molecule has 0 spiro atoms. The Morgan fingerprint density at radius 3 is 3.11 bits per heavy atom. The summed E-state index contributed by atoms with van der Waals surface area (Å²) in [6, 6.07) is 8.02. The van der Waals surface area contributed by atoms with Crippen molar-refractivity contribution in [2.75, 3.05) is 33.3 Å². The molecular formula is C14H20N2O2. The first-order valence-electron chi connectivity index (χ1n) is 6.41. The topological polar surface area (TPSA) is 41.6 Å². The molecule has 4 nitrogen and oxygen atoms in total. The zero-order valence-electron chi connectivity index (χ0n) is 10.8. The van der Waals surface area contributed by atoms with Gasteiger partial charge in [0.1, 0.15) is 5.75 Å². The summed E-state index contributed by atoms with van der Waals surface area (Å²) in [7, 11) is 1.67. The van der Waals surface area contributed by atoms with Crippen LogP contribution < -0.4 is 10.1 Å². The Kier molecular flexibility index (Phi) is 4.59. The van der Waals surface area contributed by atoms with E-state index in [1.807, 2.05) is 23.1 Å². The van der Waals surface area contributed by atoms with Crippen molar-refractivity contribution in [3.8, 4) is 5.75 Å². The number of ether oxygens (including phenoxy) is 1. The summed E-state index contributed by atoms with van der Waals surface area (Å²) in [6.07, 6.45) is 1.49. The molecule has 4 heteroatoms. The highest BCUT2D eigenvalue weighted by Gasteiger charge is 2.15. The summed E-state index contributed by atoms with van der Waals surface area (Å²) in [4.78, 5) is 13.8. The quantitative estimate of drug-likeness (QED) is 0.866. The fourth-order valence-electron chi connectivity index (χ4n) is 2.15. The predicted octanol–water partition coefficient (Wildman–Crippen LogP) is 1.06. The molecule has 1 N–H and O–H groups in total. The number of nitrogens with zero attached hydrogens (tertiary/aromatic N) is 1. The normalized spacial score (nSPS) is 16.5. The van der Waals surface area contributed by atoms with Crippen LogP contribution in [0.4, 0.5) is 0 Å². The van der Waals surface area contributed by atoms with Crippen LogP contribution in [-0.4, -0.2) is 44.1 Å². The van der Waals surface area contributed by atoms with E-state index in [4.69, 9.17) is 4.74 Å². The van der Waals surface area contributed by atoms with E-state index in [9.17, 15) is 4.79 Å². The van der Waals surface area contributed by atoms with E-state index >= 15 is 0 Å². The van der Waals surface area contributed by atoms with Crippen LogP contribution in [-0.2, 0) is 11.2 Å². The van der Waals surface area contributed by atoms with E-state index in [1.54, 1.807) is 7.11 Å². The van der Waals surface area contributed by atoms with Crippen LogP contribution >= 0.6 is 0 Å². The van der Waals surface area contributed by atoms with Gasteiger partial charge in [0, 0.05) is 32.6 Å². The molecule has 98 valence electrons. The molecule has 1 saturated heterocycles. The monoisotopic (exact) mass is 248 g/mol. The summed E-state index contributed by atoms with van der Waals surface area (Å²) in [5.41, 5.74) is 1.21. The molecule has 18 heavy (non-hydrogen) atoms. The van der Waals surface area contributed by atoms with Gasteiger partial charge in [-0.05, 0) is 24.1 Å². The molecule has 1 fully saturated rings. The lowest BCUT2D eigenvalue weighted by atomic mass is 10.1. The molecule has 0 atom stereocenters. The number of benzene rings is 1. The Morgan fingerprint density at radius 1 is 1.39 bits per heavy atom.